The summed E-state index contributed by atoms with van der Waals surface area (Å²) in [5.74, 6) is -0.325. The Morgan fingerprint density at radius 3 is 2.24 bits per heavy atom. The van der Waals surface area contributed by atoms with Crippen LogP contribution in [-0.2, 0) is 0 Å². The zero-order valence-corrected chi connectivity index (χ0v) is 9.92. The molecule has 3 N–H and O–H groups in total. The molecule has 0 saturated heterocycles. The summed E-state index contributed by atoms with van der Waals surface area (Å²) in [5.41, 5.74) is 10.2. The van der Waals surface area contributed by atoms with Crippen molar-refractivity contribution in [3.05, 3.63) is 53.3 Å². The highest BCUT2D eigenvalue weighted by Crippen LogP contribution is 2.24. The van der Waals surface area contributed by atoms with Gasteiger partial charge in [-0.25, -0.2) is 4.39 Å². The fourth-order valence-electron chi connectivity index (χ4n) is 1.85. The Labute approximate surface area is 100 Å². The van der Waals surface area contributed by atoms with Gasteiger partial charge < -0.3 is 11.1 Å². The first-order valence-electron chi connectivity index (χ1n) is 5.45. The molecule has 0 aliphatic rings. The van der Waals surface area contributed by atoms with Crippen molar-refractivity contribution in [2.24, 2.45) is 0 Å². The first-order chi connectivity index (χ1) is 8.04. The SMILES string of the molecule is Cc1cc(C)cc(Nc2ccc(F)cc2N)c1. The van der Waals surface area contributed by atoms with Crippen LogP contribution in [0.2, 0.25) is 0 Å². The first kappa shape index (κ1) is 11.5. The van der Waals surface area contributed by atoms with Gasteiger partial charge in [0.15, 0.2) is 0 Å². The summed E-state index contributed by atoms with van der Waals surface area (Å²) in [5, 5.41) is 3.19. The Morgan fingerprint density at radius 1 is 1.00 bits per heavy atom. The van der Waals surface area contributed by atoms with Gasteiger partial charge in [-0.15, -0.1) is 0 Å². The molecule has 0 unspecified atom stereocenters. The number of nitrogens with one attached hydrogen (secondary N) is 1. The van der Waals surface area contributed by atoms with Crippen LogP contribution >= 0.6 is 0 Å². The van der Waals surface area contributed by atoms with Gasteiger partial charge in [0, 0.05) is 5.69 Å². The number of halogens is 1. The number of benzene rings is 2. The second-order valence-electron chi connectivity index (χ2n) is 4.23. The lowest BCUT2D eigenvalue weighted by Gasteiger charge is -2.11. The van der Waals surface area contributed by atoms with Crippen LogP contribution in [0.4, 0.5) is 21.5 Å². The van der Waals surface area contributed by atoms with Crippen LogP contribution in [-0.4, -0.2) is 0 Å². The quantitative estimate of drug-likeness (QED) is 0.771. The molecule has 88 valence electrons. The Morgan fingerprint density at radius 2 is 1.65 bits per heavy atom. The maximum Gasteiger partial charge on any atom is 0.125 e. The van der Waals surface area contributed by atoms with Crippen LogP contribution in [0.25, 0.3) is 0 Å². The molecule has 2 nitrogen and oxygen atoms in total. The maximum atomic E-state index is 12.9. The van der Waals surface area contributed by atoms with Crippen LogP contribution in [0.5, 0.6) is 0 Å². The van der Waals surface area contributed by atoms with Crippen LogP contribution in [0.3, 0.4) is 0 Å². The van der Waals surface area contributed by atoms with Crippen molar-refractivity contribution in [1.82, 2.24) is 0 Å². The molecule has 0 bridgehead atoms. The van der Waals surface area contributed by atoms with Gasteiger partial charge in [-0.3, -0.25) is 0 Å². The second-order valence-corrected chi connectivity index (χ2v) is 4.23. The fourth-order valence-corrected chi connectivity index (χ4v) is 1.85. The molecule has 0 fully saturated rings. The van der Waals surface area contributed by atoms with Crippen LogP contribution < -0.4 is 11.1 Å². The topological polar surface area (TPSA) is 38.0 Å². The van der Waals surface area contributed by atoms with Crippen molar-refractivity contribution in [2.45, 2.75) is 13.8 Å². The smallest absolute Gasteiger partial charge is 0.125 e. The van der Waals surface area contributed by atoms with E-state index in [1.165, 1.54) is 23.3 Å². The molecule has 0 amide bonds. The van der Waals surface area contributed by atoms with Gasteiger partial charge >= 0.3 is 0 Å². The molecule has 17 heavy (non-hydrogen) atoms. The number of aryl methyl sites for hydroxylation is 2. The van der Waals surface area contributed by atoms with E-state index in [0.29, 0.717) is 5.69 Å². The third-order valence-corrected chi connectivity index (χ3v) is 2.51. The number of hydrogen-bond donors (Lipinski definition) is 2. The third-order valence-electron chi connectivity index (χ3n) is 2.51. The standard InChI is InChI=1S/C14H15FN2/c1-9-5-10(2)7-12(6-9)17-14-4-3-11(15)8-13(14)16/h3-8,17H,16H2,1-2H3. The normalized spacial score (nSPS) is 10.3. The van der Waals surface area contributed by atoms with E-state index in [9.17, 15) is 4.39 Å². The van der Waals surface area contributed by atoms with E-state index in [2.05, 4.69) is 11.4 Å². The number of hydrogen-bond acceptors (Lipinski definition) is 2. The molecular formula is C14H15FN2. The molecule has 2 rings (SSSR count). The Hall–Kier alpha value is -2.03. The van der Waals surface area contributed by atoms with Crippen molar-refractivity contribution in [1.29, 1.82) is 0 Å². The van der Waals surface area contributed by atoms with Crippen LogP contribution in [0.1, 0.15) is 11.1 Å². The van der Waals surface area contributed by atoms with Gasteiger partial charge in [0.25, 0.3) is 0 Å². The highest BCUT2D eigenvalue weighted by atomic mass is 19.1. The van der Waals surface area contributed by atoms with E-state index in [0.717, 1.165) is 11.4 Å². The predicted octanol–water partition coefficient (Wildman–Crippen LogP) is 3.77. The molecule has 0 aromatic heterocycles. The molecule has 0 atom stereocenters. The molecule has 0 aliphatic heterocycles. The number of rotatable bonds is 2. The molecule has 0 spiro atoms. The van der Waals surface area contributed by atoms with E-state index >= 15 is 0 Å². The Kier molecular flexibility index (Phi) is 3.00. The largest absolute Gasteiger partial charge is 0.397 e. The van der Waals surface area contributed by atoms with Crippen molar-refractivity contribution < 1.29 is 4.39 Å². The second kappa shape index (κ2) is 4.45. The van der Waals surface area contributed by atoms with Gasteiger partial charge in [0.1, 0.15) is 5.82 Å². The monoisotopic (exact) mass is 230 g/mol. The summed E-state index contributed by atoms with van der Waals surface area (Å²) >= 11 is 0. The highest BCUT2D eigenvalue weighted by Gasteiger charge is 2.02. The van der Waals surface area contributed by atoms with E-state index < -0.39 is 0 Å². The summed E-state index contributed by atoms with van der Waals surface area (Å²) in [6.07, 6.45) is 0. The summed E-state index contributed by atoms with van der Waals surface area (Å²) in [6.45, 7) is 4.07. The molecule has 0 radical (unpaired) electrons. The van der Waals surface area contributed by atoms with E-state index in [1.54, 1.807) is 6.07 Å². The number of nitrogens with two attached hydrogens (primary N) is 1. The molecule has 0 heterocycles. The van der Waals surface area contributed by atoms with Crippen LogP contribution in [0, 0.1) is 19.7 Å². The van der Waals surface area contributed by atoms with Gasteiger partial charge in [-0.1, -0.05) is 6.07 Å². The minimum absolute atomic E-state index is 0.325. The molecule has 0 saturated carbocycles. The lowest BCUT2D eigenvalue weighted by molar-refractivity contribution is 0.628. The summed E-state index contributed by atoms with van der Waals surface area (Å²) < 4.78 is 12.9. The molecular weight excluding hydrogens is 215 g/mol. The highest BCUT2D eigenvalue weighted by molar-refractivity contribution is 5.72. The van der Waals surface area contributed by atoms with Crippen molar-refractivity contribution in [2.75, 3.05) is 11.1 Å². The summed E-state index contributed by atoms with van der Waals surface area (Å²) in [7, 11) is 0. The van der Waals surface area contributed by atoms with Gasteiger partial charge in [-0.05, 0) is 55.3 Å². The van der Waals surface area contributed by atoms with Gasteiger partial charge in [0.05, 0.1) is 11.4 Å². The van der Waals surface area contributed by atoms with E-state index in [1.807, 2.05) is 26.0 Å². The number of anilines is 3. The van der Waals surface area contributed by atoms with Crippen molar-refractivity contribution >= 4 is 17.1 Å². The first-order valence-corrected chi connectivity index (χ1v) is 5.45. The lowest BCUT2D eigenvalue weighted by Crippen LogP contribution is -1.97. The number of nitrogen functional groups attached to an aromatic ring is 1. The minimum Gasteiger partial charge on any atom is -0.397 e. The summed E-state index contributed by atoms with van der Waals surface area (Å²) in [6, 6.07) is 10.5. The zero-order valence-electron chi connectivity index (χ0n) is 9.92. The molecule has 2 aromatic rings. The van der Waals surface area contributed by atoms with Gasteiger partial charge in [-0.2, -0.15) is 0 Å². The average Bonchev–Trinajstić information content (AvgIpc) is 2.21. The molecule has 2 aromatic carbocycles. The lowest BCUT2D eigenvalue weighted by atomic mass is 10.1. The molecule has 0 aliphatic carbocycles. The van der Waals surface area contributed by atoms with Crippen LogP contribution in [0.15, 0.2) is 36.4 Å². The fraction of sp³-hybridized carbons (Fsp3) is 0.143. The average molecular weight is 230 g/mol. The maximum absolute atomic E-state index is 12.9. The Balaban J connectivity index is 2.31. The summed E-state index contributed by atoms with van der Waals surface area (Å²) in [4.78, 5) is 0. The van der Waals surface area contributed by atoms with Crippen molar-refractivity contribution in [3.8, 4) is 0 Å². The molecule has 3 heteroatoms. The van der Waals surface area contributed by atoms with Crippen molar-refractivity contribution in [3.63, 3.8) is 0 Å². The predicted molar refractivity (Wildman–Crippen MR) is 70.0 cm³/mol. The zero-order chi connectivity index (χ0) is 12.4. The minimum atomic E-state index is -0.325. The van der Waals surface area contributed by atoms with Gasteiger partial charge in [0.2, 0.25) is 0 Å². The Bertz CT molecular complexity index is 530. The third kappa shape index (κ3) is 2.75. The van der Waals surface area contributed by atoms with E-state index in [-0.39, 0.29) is 5.82 Å². The van der Waals surface area contributed by atoms with E-state index in [4.69, 9.17) is 5.73 Å².